The Balaban J connectivity index is 0.000000924. The topological polar surface area (TPSA) is 78.4 Å². The van der Waals surface area contributed by atoms with E-state index in [2.05, 4.69) is 9.97 Å². The van der Waals surface area contributed by atoms with E-state index in [0.29, 0.717) is 22.6 Å². The highest BCUT2D eigenvalue weighted by atomic mass is 16.7. The van der Waals surface area contributed by atoms with Gasteiger partial charge in [-0.2, -0.15) is 0 Å². The molecule has 0 saturated carbocycles. The van der Waals surface area contributed by atoms with Crippen molar-refractivity contribution in [2.45, 2.75) is 26.7 Å². The average molecular weight is 314 g/mol. The third-order valence-corrected chi connectivity index (χ3v) is 3.16. The van der Waals surface area contributed by atoms with Crippen molar-refractivity contribution in [3.8, 4) is 11.5 Å². The zero-order valence-electron chi connectivity index (χ0n) is 13.1. The van der Waals surface area contributed by atoms with E-state index in [1.54, 1.807) is 18.2 Å². The Hall–Kier alpha value is -2.76. The van der Waals surface area contributed by atoms with Crippen LogP contribution in [0.1, 0.15) is 47.4 Å². The number of ketones is 2. The van der Waals surface area contributed by atoms with Crippen LogP contribution < -0.4 is 9.47 Å². The SMILES string of the molecule is CC.O=C(CCC(=O)c1ccc2c(c1)OCO2)c1cncnc1. The third kappa shape index (κ3) is 4.12. The van der Waals surface area contributed by atoms with Crippen LogP contribution >= 0.6 is 0 Å². The summed E-state index contributed by atoms with van der Waals surface area (Å²) in [4.78, 5) is 31.6. The van der Waals surface area contributed by atoms with Crippen LogP contribution in [-0.2, 0) is 0 Å². The summed E-state index contributed by atoms with van der Waals surface area (Å²) in [5.74, 6) is 0.927. The van der Waals surface area contributed by atoms with Crippen LogP contribution in [0.2, 0.25) is 0 Å². The molecule has 0 bridgehead atoms. The number of hydrogen-bond acceptors (Lipinski definition) is 6. The zero-order chi connectivity index (χ0) is 16.7. The number of ether oxygens (including phenoxy) is 2. The van der Waals surface area contributed by atoms with Gasteiger partial charge >= 0.3 is 0 Å². The second-order valence-corrected chi connectivity index (χ2v) is 4.54. The summed E-state index contributed by atoms with van der Waals surface area (Å²) in [6, 6.07) is 5.01. The Morgan fingerprint density at radius 1 is 0.957 bits per heavy atom. The molecule has 0 atom stereocenters. The molecule has 0 N–H and O–H groups in total. The number of aromatic nitrogens is 2. The van der Waals surface area contributed by atoms with E-state index in [0.717, 1.165) is 0 Å². The largest absolute Gasteiger partial charge is 0.454 e. The summed E-state index contributed by atoms with van der Waals surface area (Å²) < 4.78 is 10.4. The number of carbonyl (C=O) groups excluding carboxylic acids is 2. The van der Waals surface area contributed by atoms with Gasteiger partial charge in [0.25, 0.3) is 0 Å². The molecular formula is C17H18N2O4. The Kier molecular flexibility index (Phi) is 5.80. The summed E-state index contributed by atoms with van der Waals surface area (Å²) in [6.07, 6.45) is 4.50. The number of rotatable bonds is 5. The summed E-state index contributed by atoms with van der Waals surface area (Å²) in [5.41, 5.74) is 0.923. The molecule has 23 heavy (non-hydrogen) atoms. The van der Waals surface area contributed by atoms with E-state index in [-0.39, 0.29) is 31.2 Å². The van der Waals surface area contributed by atoms with Crippen molar-refractivity contribution in [1.82, 2.24) is 9.97 Å². The number of Topliss-reactive ketones (excluding diaryl/α,β-unsaturated/α-hetero) is 2. The minimum atomic E-state index is -0.148. The van der Waals surface area contributed by atoms with Gasteiger partial charge in [-0.1, -0.05) is 13.8 Å². The summed E-state index contributed by atoms with van der Waals surface area (Å²) >= 11 is 0. The minimum absolute atomic E-state index is 0.113. The summed E-state index contributed by atoms with van der Waals surface area (Å²) in [5, 5.41) is 0. The molecule has 120 valence electrons. The van der Waals surface area contributed by atoms with Crippen molar-refractivity contribution < 1.29 is 19.1 Å². The Morgan fingerprint density at radius 3 is 2.26 bits per heavy atom. The van der Waals surface area contributed by atoms with Gasteiger partial charge in [-0.25, -0.2) is 9.97 Å². The molecule has 0 spiro atoms. The molecule has 6 nitrogen and oxygen atoms in total. The van der Waals surface area contributed by atoms with Gasteiger partial charge in [-0.3, -0.25) is 9.59 Å². The standard InChI is InChI=1S/C15H12N2O4.C2H6/c18-12(2-3-13(19)11-6-16-8-17-7-11)10-1-4-14-15(5-10)21-9-20-14;1-2/h1,4-8H,2-3,9H2;1-2H3. The molecule has 6 heteroatoms. The molecule has 2 heterocycles. The molecule has 0 radical (unpaired) electrons. The molecule has 0 aliphatic carbocycles. The molecule has 2 aromatic rings. The van der Waals surface area contributed by atoms with Crippen LogP contribution in [0.5, 0.6) is 11.5 Å². The third-order valence-electron chi connectivity index (χ3n) is 3.16. The number of fused-ring (bicyclic) bond motifs is 1. The molecule has 0 unspecified atom stereocenters. The lowest BCUT2D eigenvalue weighted by molar-refractivity contribution is 0.0917. The predicted octanol–water partition coefficient (Wildman–Crippen LogP) is 3.08. The van der Waals surface area contributed by atoms with Crippen LogP contribution in [0.3, 0.4) is 0 Å². The molecule has 0 fully saturated rings. The lowest BCUT2D eigenvalue weighted by Gasteiger charge is -2.02. The highest BCUT2D eigenvalue weighted by Gasteiger charge is 2.17. The lowest BCUT2D eigenvalue weighted by atomic mass is 10.0. The highest BCUT2D eigenvalue weighted by Crippen LogP contribution is 2.32. The maximum atomic E-state index is 12.1. The first-order valence-corrected chi connectivity index (χ1v) is 7.45. The molecule has 0 amide bonds. The van der Waals surface area contributed by atoms with Gasteiger partial charge < -0.3 is 9.47 Å². The molecule has 3 rings (SSSR count). The summed E-state index contributed by atoms with van der Waals surface area (Å²) in [7, 11) is 0. The normalized spacial score (nSPS) is 11.4. The minimum Gasteiger partial charge on any atom is -0.454 e. The van der Waals surface area contributed by atoms with Crippen molar-refractivity contribution in [3.63, 3.8) is 0 Å². The molecule has 0 saturated heterocycles. The second kappa shape index (κ2) is 8.03. The number of nitrogens with zero attached hydrogens (tertiary/aromatic N) is 2. The fraction of sp³-hybridized carbons (Fsp3) is 0.294. The first-order chi connectivity index (χ1) is 11.2. The maximum absolute atomic E-state index is 12.1. The van der Waals surface area contributed by atoms with Gasteiger partial charge in [0, 0.05) is 30.8 Å². The molecule has 1 aromatic carbocycles. The quantitative estimate of drug-likeness (QED) is 0.789. The Bertz CT molecular complexity index is 686. The van der Waals surface area contributed by atoms with Crippen molar-refractivity contribution in [2.75, 3.05) is 6.79 Å². The van der Waals surface area contributed by atoms with Crippen molar-refractivity contribution in [3.05, 3.63) is 48.0 Å². The van der Waals surface area contributed by atoms with Crippen LogP contribution in [0.4, 0.5) is 0 Å². The van der Waals surface area contributed by atoms with Gasteiger partial charge in [-0.15, -0.1) is 0 Å². The van der Waals surface area contributed by atoms with Crippen LogP contribution in [0.15, 0.2) is 36.9 Å². The van der Waals surface area contributed by atoms with E-state index in [4.69, 9.17) is 9.47 Å². The van der Waals surface area contributed by atoms with Crippen LogP contribution in [-0.4, -0.2) is 28.3 Å². The lowest BCUT2D eigenvalue weighted by Crippen LogP contribution is -2.06. The van der Waals surface area contributed by atoms with E-state index in [1.165, 1.54) is 18.7 Å². The first-order valence-electron chi connectivity index (χ1n) is 7.45. The smallest absolute Gasteiger partial charge is 0.231 e. The van der Waals surface area contributed by atoms with Crippen molar-refractivity contribution in [1.29, 1.82) is 0 Å². The number of carbonyl (C=O) groups is 2. The van der Waals surface area contributed by atoms with Gasteiger partial charge in [0.2, 0.25) is 6.79 Å². The van der Waals surface area contributed by atoms with Gasteiger partial charge in [0.05, 0.1) is 5.56 Å². The zero-order valence-corrected chi connectivity index (χ0v) is 13.1. The first kappa shape index (κ1) is 16.6. The fourth-order valence-electron chi connectivity index (χ4n) is 2.03. The molecule has 1 aliphatic rings. The average Bonchev–Trinajstić information content (AvgIpc) is 3.09. The maximum Gasteiger partial charge on any atom is 0.231 e. The molecule has 1 aromatic heterocycles. The van der Waals surface area contributed by atoms with E-state index < -0.39 is 0 Å². The van der Waals surface area contributed by atoms with Gasteiger partial charge in [0.1, 0.15) is 6.33 Å². The second-order valence-electron chi connectivity index (χ2n) is 4.54. The Labute approximate surface area is 134 Å². The highest BCUT2D eigenvalue weighted by molar-refractivity contribution is 6.02. The van der Waals surface area contributed by atoms with E-state index in [1.807, 2.05) is 13.8 Å². The predicted molar refractivity (Wildman–Crippen MR) is 83.8 cm³/mol. The van der Waals surface area contributed by atoms with Gasteiger partial charge in [0.15, 0.2) is 23.1 Å². The van der Waals surface area contributed by atoms with Crippen molar-refractivity contribution in [2.24, 2.45) is 0 Å². The van der Waals surface area contributed by atoms with Crippen LogP contribution in [0.25, 0.3) is 0 Å². The Morgan fingerprint density at radius 2 is 1.57 bits per heavy atom. The van der Waals surface area contributed by atoms with Crippen LogP contribution in [0, 0.1) is 0 Å². The summed E-state index contributed by atoms with van der Waals surface area (Å²) in [6.45, 7) is 4.17. The molecular weight excluding hydrogens is 296 g/mol. The number of hydrogen-bond donors (Lipinski definition) is 0. The van der Waals surface area contributed by atoms with Crippen molar-refractivity contribution >= 4 is 11.6 Å². The molecule has 1 aliphatic heterocycles. The van der Waals surface area contributed by atoms with E-state index in [9.17, 15) is 9.59 Å². The monoisotopic (exact) mass is 314 g/mol. The number of benzene rings is 1. The fourth-order valence-corrected chi connectivity index (χ4v) is 2.03. The van der Waals surface area contributed by atoms with E-state index >= 15 is 0 Å². The van der Waals surface area contributed by atoms with Gasteiger partial charge in [-0.05, 0) is 18.2 Å².